The number of halogens is 3. The summed E-state index contributed by atoms with van der Waals surface area (Å²) in [4.78, 5) is 0. The normalized spacial score (nSPS) is 11.2. The topological polar surface area (TPSA) is 42.3 Å². The third kappa shape index (κ3) is 4.56. The molecule has 100 valence electrons. The second-order valence-corrected chi connectivity index (χ2v) is 6.01. The van der Waals surface area contributed by atoms with Crippen molar-refractivity contribution in [2.45, 2.75) is 17.1 Å². The van der Waals surface area contributed by atoms with Gasteiger partial charge in [0.15, 0.2) is 0 Å². The smallest absolute Gasteiger partial charge is 0.265 e. The van der Waals surface area contributed by atoms with Crippen molar-refractivity contribution in [1.29, 1.82) is 5.41 Å². The Morgan fingerprint density at radius 1 is 1.33 bits per heavy atom. The van der Waals surface area contributed by atoms with Gasteiger partial charge < -0.3 is 9.47 Å². The van der Waals surface area contributed by atoms with Crippen LogP contribution in [0.2, 0.25) is 0 Å². The lowest BCUT2D eigenvalue weighted by molar-refractivity contribution is 0.300. The van der Waals surface area contributed by atoms with Crippen molar-refractivity contribution < 1.29 is 9.47 Å². The van der Waals surface area contributed by atoms with E-state index in [1.54, 1.807) is 7.11 Å². The van der Waals surface area contributed by atoms with E-state index in [1.807, 2.05) is 25.1 Å². The molecule has 0 unspecified atom stereocenters. The van der Waals surface area contributed by atoms with Crippen LogP contribution in [0.25, 0.3) is 0 Å². The number of hydrogen-bond donors (Lipinski definition) is 1. The maximum absolute atomic E-state index is 7.37. The molecule has 1 aromatic carbocycles. The zero-order chi connectivity index (χ0) is 13.8. The van der Waals surface area contributed by atoms with Crippen LogP contribution in [-0.4, -0.2) is 23.4 Å². The van der Waals surface area contributed by atoms with E-state index in [1.165, 1.54) is 0 Å². The molecule has 0 radical (unpaired) electrons. The molecule has 0 saturated heterocycles. The van der Waals surface area contributed by atoms with Crippen LogP contribution in [-0.2, 0) is 11.2 Å². The van der Waals surface area contributed by atoms with Gasteiger partial charge in [0.25, 0.3) is 3.79 Å². The van der Waals surface area contributed by atoms with Gasteiger partial charge in [0.2, 0.25) is 5.90 Å². The highest BCUT2D eigenvalue weighted by Crippen LogP contribution is 2.27. The molecule has 0 fully saturated rings. The average Bonchev–Trinajstić information content (AvgIpc) is 2.28. The van der Waals surface area contributed by atoms with Crippen molar-refractivity contribution >= 4 is 40.7 Å². The van der Waals surface area contributed by atoms with E-state index in [0.717, 1.165) is 16.9 Å². The van der Waals surface area contributed by atoms with Crippen molar-refractivity contribution in [1.82, 2.24) is 0 Å². The highest BCUT2D eigenvalue weighted by molar-refractivity contribution is 6.76. The largest absolute Gasteiger partial charge is 0.496 e. The molecular weight excluding hydrogens is 296 g/mol. The first-order chi connectivity index (χ1) is 8.34. The van der Waals surface area contributed by atoms with Gasteiger partial charge in [0, 0.05) is 6.42 Å². The van der Waals surface area contributed by atoms with Crippen LogP contribution in [0.5, 0.6) is 5.75 Å². The molecule has 1 aromatic rings. The van der Waals surface area contributed by atoms with Crippen LogP contribution in [0, 0.1) is 12.3 Å². The van der Waals surface area contributed by atoms with E-state index in [2.05, 4.69) is 0 Å². The Labute approximate surface area is 121 Å². The maximum Gasteiger partial charge on any atom is 0.265 e. The molecule has 0 heterocycles. The minimum Gasteiger partial charge on any atom is -0.496 e. The predicted molar refractivity (Wildman–Crippen MR) is 75.4 cm³/mol. The van der Waals surface area contributed by atoms with E-state index < -0.39 is 3.79 Å². The molecule has 3 nitrogen and oxygen atoms in total. The Kier molecular flexibility index (Phi) is 5.57. The molecule has 6 heteroatoms. The Bertz CT molecular complexity index is 430. The number of ether oxygens (including phenoxy) is 2. The summed E-state index contributed by atoms with van der Waals surface area (Å²) in [6.07, 6.45) is 0.633. The average molecular weight is 311 g/mol. The van der Waals surface area contributed by atoms with Crippen molar-refractivity contribution in [3.05, 3.63) is 29.3 Å². The molecule has 1 rings (SSSR count). The molecule has 0 bridgehead atoms. The van der Waals surface area contributed by atoms with E-state index in [9.17, 15) is 0 Å². The number of hydrogen-bond acceptors (Lipinski definition) is 3. The zero-order valence-corrected chi connectivity index (χ0v) is 12.4. The number of alkyl halides is 3. The molecule has 0 spiro atoms. The summed E-state index contributed by atoms with van der Waals surface area (Å²) < 4.78 is 8.44. The van der Waals surface area contributed by atoms with Crippen molar-refractivity contribution in [3.63, 3.8) is 0 Å². The van der Waals surface area contributed by atoms with Crippen LogP contribution in [0.3, 0.4) is 0 Å². The molecule has 0 aliphatic carbocycles. The van der Waals surface area contributed by atoms with Crippen LogP contribution in [0.1, 0.15) is 11.1 Å². The second-order valence-electron chi connectivity index (χ2n) is 3.73. The fourth-order valence-electron chi connectivity index (χ4n) is 1.45. The van der Waals surface area contributed by atoms with E-state index in [4.69, 9.17) is 49.7 Å². The summed E-state index contributed by atoms with van der Waals surface area (Å²) in [5.41, 5.74) is 2.12. The highest BCUT2D eigenvalue weighted by atomic mass is 35.6. The summed E-state index contributed by atoms with van der Waals surface area (Å²) in [5.74, 6) is 0.478. The van der Waals surface area contributed by atoms with Crippen LogP contribution >= 0.6 is 34.8 Å². The Hall–Kier alpha value is -0.640. The zero-order valence-electron chi connectivity index (χ0n) is 10.1. The fraction of sp³-hybridized carbons (Fsp3) is 0.417. The van der Waals surface area contributed by atoms with Crippen molar-refractivity contribution in [2.24, 2.45) is 0 Å². The van der Waals surface area contributed by atoms with Gasteiger partial charge in [0.05, 0.1) is 13.7 Å². The quantitative estimate of drug-likeness (QED) is 0.520. The molecular formula is C12H14Cl3NO2. The second kappa shape index (κ2) is 6.50. The van der Waals surface area contributed by atoms with Gasteiger partial charge >= 0.3 is 0 Å². The first-order valence-corrected chi connectivity index (χ1v) is 6.40. The van der Waals surface area contributed by atoms with Gasteiger partial charge in [-0.3, -0.25) is 5.41 Å². The molecule has 0 aliphatic heterocycles. The number of nitrogens with one attached hydrogen (secondary N) is 1. The van der Waals surface area contributed by atoms with Crippen molar-refractivity contribution in [3.8, 4) is 5.75 Å². The van der Waals surface area contributed by atoms with Crippen LogP contribution in [0.4, 0.5) is 0 Å². The van der Waals surface area contributed by atoms with Crippen molar-refractivity contribution in [2.75, 3.05) is 13.7 Å². The number of aryl methyl sites for hydroxylation is 1. The molecule has 1 N–H and O–H groups in total. The highest BCUT2D eigenvalue weighted by Gasteiger charge is 2.28. The van der Waals surface area contributed by atoms with Gasteiger partial charge in [-0.05, 0) is 24.1 Å². The van der Waals surface area contributed by atoms with E-state index in [-0.39, 0.29) is 5.90 Å². The lowest BCUT2D eigenvalue weighted by atomic mass is 10.1. The van der Waals surface area contributed by atoms with E-state index >= 15 is 0 Å². The molecule has 0 aliphatic rings. The molecule has 0 aromatic heterocycles. The first kappa shape index (κ1) is 15.4. The summed E-state index contributed by atoms with van der Waals surface area (Å²) >= 11 is 16.5. The molecule has 18 heavy (non-hydrogen) atoms. The Balaban J connectivity index is 2.50. The third-order valence-electron chi connectivity index (χ3n) is 2.35. The van der Waals surface area contributed by atoms with Gasteiger partial charge in [0.1, 0.15) is 5.75 Å². The number of methoxy groups -OCH3 is 1. The van der Waals surface area contributed by atoms with Crippen LogP contribution in [0.15, 0.2) is 18.2 Å². The first-order valence-electron chi connectivity index (χ1n) is 5.26. The third-order valence-corrected chi connectivity index (χ3v) is 2.87. The maximum atomic E-state index is 7.37. The monoisotopic (exact) mass is 309 g/mol. The SMILES string of the molecule is COc1ccc(CCOC(=N)C(Cl)(Cl)Cl)cc1C. The molecule has 0 atom stereocenters. The minimum absolute atomic E-state index is 0.290. The van der Waals surface area contributed by atoms with Gasteiger partial charge in [-0.15, -0.1) is 0 Å². The van der Waals surface area contributed by atoms with Crippen LogP contribution < -0.4 is 4.74 Å². The number of benzene rings is 1. The summed E-state index contributed by atoms with van der Waals surface area (Å²) in [7, 11) is 1.63. The lowest BCUT2D eigenvalue weighted by Crippen LogP contribution is -2.22. The summed E-state index contributed by atoms with van der Waals surface area (Å²) in [6, 6.07) is 5.83. The molecule has 0 saturated carbocycles. The summed E-state index contributed by atoms with van der Waals surface area (Å²) in [5, 5.41) is 7.37. The predicted octanol–water partition coefficient (Wildman–Crippen LogP) is 3.91. The van der Waals surface area contributed by atoms with Gasteiger partial charge in [-0.1, -0.05) is 46.9 Å². The summed E-state index contributed by atoms with van der Waals surface area (Å²) in [6.45, 7) is 2.26. The Morgan fingerprint density at radius 2 is 2.00 bits per heavy atom. The standard InChI is InChI=1S/C12H14Cl3NO2/c1-8-7-9(3-4-10(8)17-2)5-6-18-11(16)12(13,14)15/h3-4,7,16H,5-6H2,1-2H3. The number of rotatable bonds is 4. The lowest BCUT2D eigenvalue weighted by Gasteiger charge is -2.14. The molecule has 0 amide bonds. The van der Waals surface area contributed by atoms with Gasteiger partial charge in [-0.2, -0.15) is 0 Å². The fourth-order valence-corrected chi connectivity index (χ4v) is 1.61. The minimum atomic E-state index is -1.80. The Morgan fingerprint density at radius 3 is 2.50 bits per heavy atom. The van der Waals surface area contributed by atoms with Gasteiger partial charge in [-0.25, -0.2) is 0 Å². The van der Waals surface area contributed by atoms with E-state index in [0.29, 0.717) is 13.0 Å².